The predicted molar refractivity (Wildman–Crippen MR) is 75.9 cm³/mol. The lowest BCUT2D eigenvalue weighted by atomic mass is 9.94. The molecule has 0 aliphatic carbocycles. The smallest absolute Gasteiger partial charge is 0.0589 e. The van der Waals surface area contributed by atoms with E-state index >= 15 is 0 Å². The van der Waals surface area contributed by atoms with Gasteiger partial charge in [-0.15, -0.1) is 0 Å². The van der Waals surface area contributed by atoms with E-state index in [1.807, 2.05) is 0 Å². The minimum atomic E-state index is 0.505. The Morgan fingerprint density at radius 1 is 1.22 bits per heavy atom. The van der Waals surface area contributed by atoms with Gasteiger partial charge in [-0.05, 0) is 52.6 Å². The molecule has 106 valence electrons. The van der Waals surface area contributed by atoms with E-state index in [-0.39, 0.29) is 0 Å². The summed E-state index contributed by atoms with van der Waals surface area (Å²) in [7, 11) is 2.24. The van der Waals surface area contributed by atoms with Crippen LogP contribution in [0.1, 0.15) is 52.4 Å². The minimum Gasteiger partial charge on any atom is -0.378 e. The second-order valence-corrected chi connectivity index (χ2v) is 6.22. The molecule has 0 aromatic rings. The number of likely N-dealkylation sites (tertiary alicyclic amines) is 1. The van der Waals surface area contributed by atoms with E-state index in [1.165, 1.54) is 45.1 Å². The van der Waals surface area contributed by atoms with Crippen LogP contribution in [0.3, 0.4) is 0 Å². The maximum atomic E-state index is 5.83. The first-order valence-electron chi connectivity index (χ1n) is 7.77. The Balaban J connectivity index is 1.75. The van der Waals surface area contributed by atoms with Gasteiger partial charge >= 0.3 is 0 Å². The second kappa shape index (κ2) is 6.88. The molecule has 4 atom stereocenters. The first kappa shape index (κ1) is 14.3. The fourth-order valence-electron chi connectivity index (χ4n) is 3.33. The number of hydrogen-bond donors (Lipinski definition) is 1. The van der Waals surface area contributed by atoms with Crippen LogP contribution in [0.15, 0.2) is 0 Å². The Morgan fingerprint density at radius 3 is 2.72 bits per heavy atom. The van der Waals surface area contributed by atoms with E-state index in [9.17, 15) is 0 Å². The van der Waals surface area contributed by atoms with E-state index in [0.717, 1.165) is 18.7 Å². The first-order chi connectivity index (χ1) is 8.69. The number of piperidine rings is 1. The van der Waals surface area contributed by atoms with Gasteiger partial charge in [0, 0.05) is 24.7 Å². The van der Waals surface area contributed by atoms with E-state index in [1.54, 1.807) is 0 Å². The summed E-state index contributed by atoms with van der Waals surface area (Å²) in [4.78, 5) is 2.47. The Hall–Kier alpha value is -0.120. The van der Waals surface area contributed by atoms with Crippen LogP contribution in [0.5, 0.6) is 0 Å². The van der Waals surface area contributed by atoms with Crippen molar-refractivity contribution in [3.63, 3.8) is 0 Å². The third-order valence-corrected chi connectivity index (χ3v) is 4.66. The zero-order valence-electron chi connectivity index (χ0n) is 12.3. The molecular formula is C15H30N2O. The summed E-state index contributed by atoms with van der Waals surface area (Å²) in [6.07, 6.45) is 7.98. The standard InChI is InChI=1S/C15H30N2O/c1-4-5-15-11-14(7-9-18-15)16-13-6-8-17(3)12(2)10-13/h12-16H,4-11H2,1-3H3. The molecule has 0 amide bonds. The fourth-order valence-corrected chi connectivity index (χ4v) is 3.33. The lowest BCUT2D eigenvalue weighted by Crippen LogP contribution is -2.50. The summed E-state index contributed by atoms with van der Waals surface area (Å²) in [6.45, 7) is 6.78. The molecule has 2 heterocycles. The average Bonchev–Trinajstić information content (AvgIpc) is 2.35. The van der Waals surface area contributed by atoms with Crippen molar-refractivity contribution in [2.24, 2.45) is 0 Å². The maximum Gasteiger partial charge on any atom is 0.0589 e. The largest absolute Gasteiger partial charge is 0.378 e. The van der Waals surface area contributed by atoms with Crippen molar-refractivity contribution in [1.29, 1.82) is 0 Å². The Morgan fingerprint density at radius 2 is 2.00 bits per heavy atom. The molecule has 0 bridgehead atoms. The van der Waals surface area contributed by atoms with E-state index in [4.69, 9.17) is 4.74 Å². The minimum absolute atomic E-state index is 0.505. The number of ether oxygens (including phenoxy) is 1. The highest BCUT2D eigenvalue weighted by Crippen LogP contribution is 2.21. The van der Waals surface area contributed by atoms with E-state index in [2.05, 4.69) is 31.1 Å². The number of nitrogens with zero attached hydrogens (tertiary/aromatic N) is 1. The molecule has 3 nitrogen and oxygen atoms in total. The quantitative estimate of drug-likeness (QED) is 0.834. The van der Waals surface area contributed by atoms with Crippen molar-refractivity contribution in [3.05, 3.63) is 0 Å². The third kappa shape index (κ3) is 3.94. The molecule has 3 heteroatoms. The fraction of sp³-hybridized carbons (Fsp3) is 1.00. The summed E-state index contributed by atoms with van der Waals surface area (Å²) in [5.41, 5.74) is 0. The SMILES string of the molecule is CCCC1CC(NC2CCN(C)C(C)C2)CCO1. The van der Waals surface area contributed by atoms with Crippen LogP contribution in [0, 0.1) is 0 Å². The molecule has 2 fully saturated rings. The summed E-state index contributed by atoms with van der Waals surface area (Å²) >= 11 is 0. The highest BCUT2D eigenvalue weighted by molar-refractivity contribution is 4.86. The van der Waals surface area contributed by atoms with Crippen LogP contribution in [-0.2, 0) is 4.74 Å². The third-order valence-electron chi connectivity index (χ3n) is 4.66. The van der Waals surface area contributed by atoms with Gasteiger partial charge < -0.3 is 15.0 Å². The summed E-state index contributed by atoms with van der Waals surface area (Å²) < 4.78 is 5.83. The van der Waals surface area contributed by atoms with Gasteiger partial charge in [0.1, 0.15) is 0 Å². The van der Waals surface area contributed by atoms with Crippen molar-refractivity contribution in [3.8, 4) is 0 Å². The van der Waals surface area contributed by atoms with Gasteiger partial charge in [-0.25, -0.2) is 0 Å². The topological polar surface area (TPSA) is 24.5 Å². The predicted octanol–water partition coefficient (Wildman–Crippen LogP) is 2.41. The van der Waals surface area contributed by atoms with E-state index < -0.39 is 0 Å². The zero-order valence-corrected chi connectivity index (χ0v) is 12.3. The molecule has 2 aliphatic rings. The van der Waals surface area contributed by atoms with Crippen molar-refractivity contribution in [1.82, 2.24) is 10.2 Å². The van der Waals surface area contributed by atoms with E-state index in [0.29, 0.717) is 12.1 Å². The van der Waals surface area contributed by atoms with Gasteiger partial charge in [0.05, 0.1) is 6.10 Å². The summed E-state index contributed by atoms with van der Waals surface area (Å²) in [5, 5.41) is 3.89. The monoisotopic (exact) mass is 254 g/mol. The lowest BCUT2D eigenvalue weighted by Gasteiger charge is -2.39. The van der Waals surface area contributed by atoms with Crippen LogP contribution in [-0.4, -0.2) is 49.3 Å². The highest BCUT2D eigenvalue weighted by Gasteiger charge is 2.27. The highest BCUT2D eigenvalue weighted by atomic mass is 16.5. The van der Waals surface area contributed by atoms with Crippen LogP contribution in [0.2, 0.25) is 0 Å². The first-order valence-corrected chi connectivity index (χ1v) is 7.77. The molecule has 0 aromatic heterocycles. The van der Waals surface area contributed by atoms with Crippen molar-refractivity contribution >= 4 is 0 Å². The molecule has 0 radical (unpaired) electrons. The zero-order chi connectivity index (χ0) is 13.0. The Labute approximate surface area is 112 Å². The lowest BCUT2D eigenvalue weighted by molar-refractivity contribution is -0.00704. The molecular weight excluding hydrogens is 224 g/mol. The second-order valence-electron chi connectivity index (χ2n) is 6.22. The molecule has 1 N–H and O–H groups in total. The molecule has 2 rings (SSSR count). The van der Waals surface area contributed by atoms with Gasteiger partial charge in [-0.2, -0.15) is 0 Å². The molecule has 2 saturated heterocycles. The molecule has 18 heavy (non-hydrogen) atoms. The molecule has 0 saturated carbocycles. The summed E-state index contributed by atoms with van der Waals surface area (Å²) in [5.74, 6) is 0. The van der Waals surface area contributed by atoms with Gasteiger partial charge in [0.15, 0.2) is 0 Å². The van der Waals surface area contributed by atoms with Crippen molar-refractivity contribution in [2.75, 3.05) is 20.2 Å². The number of hydrogen-bond acceptors (Lipinski definition) is 3. The normalized spacial score (nSPS) is 38.8. The van der Waals surface area contributed by atoms with Gasteiger partial charge in [0.2, 0.25) is 0 Å². The van der Waals surface area contributed by atoms with Crippen molar-refractivity contribution < 1.29 is 4.74 Å². The summed E-state index contributed by atoms with van der Waals surface area (Å²) in [6, 6.07) is 2.14. The van der Waals surface area contributed by atoms with Gasteiger partial charge in [-0.1, -0.05) is 13.3 Å². The van der Waals surface area contributed by atoms with Crippen LogP contribution in [0.25, 0.3) is 0 Å². The average molecular weight is 254 g/mol. The van der Waals surface area contributed by atoms with Gasteiger partial charge in [0.25, 0.3) is 0 Å². The Kier molecular flexibility index (Phi) is 5.46. The molecule has 2 aliphatic heterocycles. The Bertz CT molecular complexity index is 245. The maximum absolute atomic E-state index is 5.83. The van der Waals surface area contributed by atoms with Gasteiger partial charge in [-0.3, -0.25) is 0 Å². The molecule has 0 aromatic carbocycles. The number of rotatable bonds is 4. The molecule has 4 unspecified atom stereocenters. The molecule has 0 spiro atoms. The van der Waals surface area contributed by atoms with Crippen molar-refractivity contribution in [2.45, 2.75) is 76.6 Å². The van der Waals surface area contributed by atoms with Crippen LogP contribution in [0.4, 0.5) is 0 Å². The number of nitrogens with one attached hydrogen (secondary N) is 1. The van der Waals surface area contributed by atoms with Crippen LogP contribution >= 0.6 is 0 Å². The van der Waals surface area contributed by atoms with Crippen LogP contribution < -0.4 is 5.32 Å².